The van der Waals surface area contributed by atoms with E-state index in [9.17, 15) is 0 Å². The van der Waals surface area contributed by atoms with Crippen molar-refractivity contribution >= 4 is 5.82 Å². The molecule has 100 valence electrons. The van der Waals surface area contributed by atoms with E-state index in [4.69, 9.17) is 19.9 Å². The number of nitrogen functional groups attached to an aromatic ring is 1. The lowest BCUT2D eigenvalue weighted by atomic mass is 10.2. The van der Waals surface area contributed by atoms with Gasteiger partial charge >= 0.3 is 0 Å². The molecule has 0 bridgehead atoms. The maximum atomic E-state index is 5.51. The topological polar surface area (TPSA) is 79.5 Å². The lowest BCUT2D eigenvalue weighted by Gasteiger charge is -2.09. The Balaban J connectivity index is 2.08. The van der Waals surface area contributed by atoms with Gasteiger partial charge in [0.05, 0.1) is 14.2 Å². The van der Waals surface area contributed by atoms with Gasteiger partial charge in [-0.15, -0.1) is 10.2 Å². The van der Waals surface area contributed by atoms with Gasteiger partial charge in [-0.25, -0.2) is 0 Å². The molecule has 0 unspecified atom stereocenters. The van der Waals surface area contributed by atoms with E-state index >= 15 is 0 Å². The number of anilines is 1. The van der Waals surface area contributed by atoms with Crippen LogP contribution in [-0.2, 0) is 6.61 Å². The van der Waals surface area contributed by atoms with Crippen LogP contribution in [0.4, 0.5) is 5.82 Å². The third-order valence-electron chi connectivity index (χ3n) is 2.46. The van der Waals surface area contributed by atoms with E-state index in [2.05, 4.69) is 10.2 Å². The lowest BCUT2D eigenvalue weighted by molar-refractivity contribution is 0.288. The Labute approximate surface area is 111 Å². The number of hydrogen-bond acceptors (Lipinski definition) is 6. The van der Waals surface area contributed by atoms with Crippen LogP contribution in [0.3, 0.4) is 0 Å². The fraction of sp³-hybridized carbons (Fsp3) is 0.231. The van der Waals surface area contributed by atoms with Crippen LogP contribution in [0.2, 0.25) is 0 Å². The number of rotatable bonds is 5. The second-order valence-electron chi connectivity index (χ2n) is 3.81. The summed E-state index contributed by atoms with van der Waals surface area (Å²) in [5.74, 6) is 2.19. The summed E-state index contributed by atoms with van der Waals surface area (Å²) in [6.45, 7) is 0.339. The minimum atomic E-state index is 0.339. The van der Waals surface area contributed by atoms with Crippen molar-refractivity contribution in [3.05, 3.63) is 35.9 Å². The van der Waals surface area contributed by atoms with Crippen LogP contribution < -0.4 is 19.9 Å². The summed E-state index contributed by atoms with van der Waals surface area (Å²) < 4.78 is 15.9. The SMILES string of the molecule is COc1cc(COc2ccc(N)nn2)cc(OC)c1. The molecule has 0 saturated heterocycles. The van der Waals surface area contributed by atoms with E-state index in [0.29, 0.717) is 29.8 Å². The Morgan fingerprint density at radius 1 is 1.00 bits per heavy atom. The van der Waals surface area contributed by atoms with Crippen LogP contribution in [0.1, 0.15) is 5.56 Å². The summed E-state index contributed by atoms with van der Waals surface area (Å²) in [5, 5.41) is 7.53. The Morgan fingerprint density at radius 3 is 2.21 bits per heavy atom. The summed E-state index contributed by atoms with van der Waals surface area (Å²) >= 11 is 0. The van der Waals surface area contributed by atoms with Crippen LogP contribution in [-0.4, -0.2) is 24.4 Å². The molecule has 0 amide bonds. The highest BCUT2D eigenvalue weighted by Gasteiger charge is 2.03. The molecule has 0 spiro atoms. The summed E-state index contributed by atoms with van der Waals surface area (Å²) in [6, 6.07) is 8.83. The molecule has 0 saturated carbocycles. The Bertz CT molecular complexity index is 521. The average Bonchev–Trinajstić information content (AvgIpc) is 2.46. The highest BCUT2D eigenvalue weighted by Crippen LogP contribution is 2.23. The number of ether oxygens (including phenoxy) is 3. The number of nitrogens with two attached hydrogens (primary N) is 1. The number of aromatic nitrogens is 2. The normalized spacial score (nSPS) is 10.0. The van der Waals surface area contributed by atoms with Crippen molar-refractivity contribution in [2.75, 3.05) is 20.0 Å². The van der Waals surface area contributed by atoms with Gasteiger partial charge in [-0.2, -0.15) is 0 Å². The Hall–Kier alpha value is -2.50. The van der Waals surface area contributed by atoms with E-state index in [1.165, 1.54) is 0 Å². The molecular weight excluding hydrogens is 246 g/mol. The maximum absolute atomic E-state index is 5.51. The molecule has 2 aromatic rings. The van der Waals surface area contributed by atoms with E-state index in [1.54, 1.807) is 32.4 Å². The zero-order valence-corrected chi connectivity index (χ0v) is 10.8. The van der Waals surface area contributed by atoms with Gasteiger partial charge in [0.15, 0.2) is 0 Å². The molecule has 6 heteroatoms. The van der Waals surface area contributed by atoms with Crippen molar-refractivity contribution in [2.24, 2.45) is 0 Å². The standard InChI is InChI=1S/C13H15N3O3/c1-17-10-5-9(6-11(7-10)18-2)8-19-13-4-3-12(14)15-16-13/h3-7H,8H2,1-2H3,(H2,14,15). The van der Waals surface area contributed by atoms with Gasteiger partial charge in [0.1, 0.15) is 23.9 Å². The van der Waals surface area contributed by atoms with E-state index < -0.39 is 0 Å². The average molecular weight is 261 g/mol. The number of benzene rings is 1. The summed E-state index contributed by atoms with van der Waals surface area (Å²) in [5.41, 5.74) is 6.36. The predicted molar refractivity (Wildman–Crippen MR) is 70.3 cm³/mol. The van der Waals surface area contributed by atoms with E-state index in [-0.39, 0.29) is 0 Å². The first-order chi connectivity index (χ1) is 9.21. The first kappa shape index (κ1) is 12.9. The van der Waals surface area contributed by atoms with Gasteiger partial charge in [0, 0.05) is 12.1 Å². The molecule has 0 aliphatic rings. The van der Waals surface area contributed by atoms with Crippen molar-refractivity contribution in [3.8, 4) is 17.4 Å². The van der Waals surface area contributed by atoms with Gasteiger partial charge in [-0.1, -0.05) is 0 Å². The minimum absolute atomic E-state index is 0.339. The quantitative estimate of drug-likeness (QED) is 0.881. The van der Waals surface area contributed by atoms with Crippen LogP contribution in [0.25, 0.3) is 0 Å². The zero-order chi connectivity index (χ0) is 13.7. The first-order valence-corrected chi connectivity index (χ1v) is 5.65. The molecule has 1 heterocycles. The molecule has 19 heavy (non-hydrogen) atoms. The van der Waals surface area contributed by atoms with E-state index in [1.807, 2.05) is 12.1 Å². The minimum Gasteiger partial charge on any atom is -0.497 e. The van der Waals surface area contributed by atoms with Crippen molar-refractivity contribution in [2.45, 2.75) is 6.61 Å². The monoisotopic (exact) mass is 261 g/mol. The number of hydrogen-bond donors (Lipinski definition) is 1. The van der Waals surface area contributed by atoms with Crippen LogP contribution in [0.5, 0.6) is 17.4 Å². The second kappa shape index (κ2) is 5.90. The first-order valence-electron chi connectivity index (χ1n) is 5.65. The Kier molecular flexibility index (Phi) is 4.02. The van der Waals surface area contributed by atoms with Crippen molar-refractivity contribution in [1.29, 1.82) is 0 Å². The summed E-state index contributed by atoms with van der Waals surface area (Å²) in [6.07, 6.45) is 0. The molecule has 0 radical (unpaired) electrons. The summed E-state index contributed by atoms with van der Waals surface area (Å²) in [7, 11) is 3.20. The fourth-order valence-corrected chi connectivity index (χ4v) is 1.51. The molecule has 1 aromatic heterocycles. The maximum Gasteiger partial charge on any atom is 0.233 e. The van der Waals surface area contributed by atoms with Gasteiger partial charge in [-0.05, 0) is 23.8 Å². The van der Waals surface area contributed by atoms with Crippen LogP contribution in [0.15, 0.2) is 30.3 Å². The van der Waals surface area contributed by atoms with Crippen LogP contribution in [0, 0.1) is 0 Å². The molecule has 0 atom stereocenters. The number of methoxy groups -OCH3 is 2. The van der Waals surface area contributed by atoms with Gasteiger partial charge in [0.2, 0.25) is 5.88 Å². The highest BCUT2D eigenvalue weighted by atomic mass is 16.5. The van der Waals surface area contributed by atoms with Crippen molar-refractivity contribution < 1.29 is 14.2 Å². The summed E-state index contributed by atoms with van der Waals surface area (Å²) in [4.78, 5) is 0. The molecule has 2 N–H and O–H groups in total. The third kappa shape index (κ3) is 3.48. The predicted octanol–water partition coefficient (Wildman–Crippen LogP) is 1.65. The molecule has 1 aromatic carbocycles. The van der Waals surface area contributed by atoms with Gasteiger partial charge in [0.25, 0.3) is 0 Å². The van der Waals surface area contributed by atoms with E-state index in [0.717, 1.165) is 5.56 Å². The molecule has 2 rings (SSSR count). The van der Waals surface area contributed by atoms with Gasteiger partial charge < -0.3 is 19.9 Å². The molecule has 0 aliphatic heterocycles. The van der Waals surface area contributed by atoms with Crippen molar-refractivity contribution in [3.63, 3.8) is 0 Å². The largest absolute Gasteiger partial charge is 0.497 e. The van der Waals surface area contributed by atoms with Gasteiger partial charge in [-0.3, -0.25) is 0 Å². The molecule has 0 fully saturated rings. The highest BCUT2D eigenvalue weighted by molar-refractivity contribution is 5.38. The smallest absolute Gasteiger partial charge is 0.233 e. The third-order valence-corrected chi connectivity index (χ3v) is 2.46. The second-order valence-corrected chi connectivity index (χ2v) is 3.81. The zero-order valence-electron chi connectivity index (χ0n) is 10.8. The number of nitrogens with zero attached hydrogens (tertiary/aromatic N) is 2. The molecule has 6 nitrogen and oxygen atoms in total. The Morgan fingerprint density at radius 2 is 1.68 bits per heavy atom. The lowest BCUT2D eigenvalue weighted by Crippen LogP contribution is -2.00. The van der Waals surface area contributed by atoms with Crippen LogP contribution >= 0.6 is 0 Å². The van der Waals surface area contributed by atoms with Crippen molar-refractivity contribution in [1.82, 2.24) is 10.2 Å². The fourth-order valence-electron chi connectivity index (χ4n) is 1.51. The molecular formula is C13H15N3O3. The molecule has 0 aliphatic carbocycles.